The first-order valence-corrected chi connectivity index (χ1v) is 10.8. The van der Waals surface area contributed by atoms with Crippen LogP contribution in [0.2, 0.25) is 0 Å². The molecule has 1 amide bonds. The quantitative estimate of drug-likeness (QED) is 0.369. The molecule has 4 rings (SSSR count). The number of Topliss-reactive ketones (excluding diaryl/α,β-unsaturated/α-hetero) is 1. The lowest BCUT2D eigenvalue weighted by Crippen LogP contribution is -2.31. The molecular weight excluding hydrogens is 410 g/mol. The molecular formula is C20H17N3O4S2. The maximum atomic E-state index is 13.2. The minimum absolute atomic E-state index is 0.0332. The summed E-state index contributed by atoms with van der Waals surface area (Å²) in [5.74, 6) is -1.19. The van der Waals surface area contributed by atoms with E-state index in [1.165, 1.54) is 34.1 Å². The van der Waals surface area contributed by atoms with Gasteiger partial charge in [0.25, 0.3) is 5.91 Å². The Morgan fingerprint density at radius 1 is 1.17 bits per heavy atom. The van der Waals surface area contributed by atoms with E-state index in [9.17, 15) is 14.7 Å². The summed E-state index contributed by atoms with van der Waals surface area (Å²) in [5.41, 5.74) is 1.68. The maximum absolute atomic E-state index is 13.2. The van der Waals surface area contributed by atoms with Gasteiger partial charge in [0, 0.05) is 0 Å². The Labute approximate surface area is 175 Å². The van der Waals surface area contributed by atoms with Crippen molar-refractivity contribution in [3.05, 3.63) is 70.4 Å². The minimum atomic E-state index is -0.830. The molecule has 3 heterocycles. The predicted molar refractivity (Wildman–Crippen MR) is 111 cm³/mol. The maximum Gasteiger partial charge on any atom is 0.296 e. The Bertz CT molecular complexity index is 1130. The molecule has 1 aliphatic heterocycles. The van der Waals surface area contributed by atoms with Crippen LogP contribution in [-0.4, -0.2) is 33.3 Å². The summed E-state index contributed by atoms with van der Waals surface area (Å²) < 4.78 is 6.13. The standard InChI is InChI=1S/C20H17N3O4S2/c1-10-4-7-12(8-5-10)15-14(16(24)13-9-6-11(2)27-13)17(25)18(26)23(15)19-21-22-20(28-3)29-19/h4-9,15,25H,1-3H3/t15-/m0/s1. The molecule has 0 aliphatic carbocycles. The molecule has 0 radical (unpaired) electrons. The lowest BCUT2D eigenvalue weighted by Gasteiger charge is -2.23. The predicted octanol–water partition coefficient (Wildman–Crippen LogP) is 4.25. The van der Waals surface area contributed by atoms with Crippen molar-refractivity contribution in [3.63, 3.8) is 0 Å². The zero-order valence-electron chi connectivity index (χ0n) is 15.9. The van der Waals surface area contributed by atoms with Crippen LogP contribution in [0.15, 0.2) is 56.5 Å². The van der Waals surface area contributed by atoms with E-state index < -0.39 is 23.5 Å². The number of aryl methyl sites for hydroxylation is 2. The molecule has 0 saturated carbocycles. The van der Waals surface area contributed by atoms with Crippen molar-refractivity contribution in [2.24, 2.45) is 0 Å². The van der Waals surface area contributed by atoms with E-state index in [-0.39, 0.29) is 11.3 Å². The van der Waals surface area contributed by atoms with Crippen molar-refractivity contribution >= 4 is 39.9 Å². The van der Waals surface area contributed by atoms with Gasteiger partial charge in [0.1, 0.15) is 5.76 Å². The van der Waals surface area contributed by atoms with Crippen molar-refractivity contribution in [1.29, 1.82) is 0 Å². The molecule has 148 valence electrons. The average Bonchev–Trinajstić information content (AvgIpc) is 3.41. The number of amides is 1. The van der Waals surface area contributed by atoms with Crippen molar-refractivity contribution in [1.82, 2.24) is 10.2 Å². The fourth-order valence-electron chi connectivity index (χ4n) is 3.17. The van der Waals surface area contributed by atoms with Crippen LogP contribution >= 0.6 is 23.1 Å². The summed E-state index contributed by atoms with van der Waals surface area (Å²) in [6.45, 7) is 3.67. The number of carbonyl (C=O) groups excluding carboxylic acids is 2. The number of aliphatic hydroxyl groups is 1. The molecule has 1 aliphatic rings. The van der Waals surface area contributed by atoms with Crippen molar-refractivity contribution < 1.29 is 19.1 Å². The summed E-state index contributed by atoms with van der Waals surface area (Å²) in [6.07, 6.45) is 1.86. The molecule has 0 unspecified atom stereocenters. The minimum Gasteiger partial charge on any atom is -0.503 e. The highest BCUT2D eigenvalue weighted by Gasteiger charge is 2.46. The van der Waals surface area contributed by atoms with Crippen LogP contribution < -0.4 is 4.90 Å². The van der Waals surface area contributed by atoms with E-state index in [0.29, 0.717) is 20.8 Å². The Kier molecular flexibility index (Phi) is 5.01. The van der Waals surface area contributed by atoms with Gasteiger partial charge in [-0.25, -0.2) is 0 Å². The van der Waals surface area contributed by atoms with Gasteiger partial charge < -0.3 is 9.52 Å². The first kappa shape index (κ1) is 19.4. The van der Waals surface area contributed by atoms with Gasteiger partial charge in [-0.05, 0) is 37.8 Å². The van der Waals surface area contributed by atoms with E-state index in [0.717, 1.165) is 5.56 Å². The zero-order chi connectivity index (χ0) is 20.7. The Morgan fingerprint density at radius 2 is 1.90 bits per heavy atom. The summed E-state index contributed by atoms with van der Waals surface area (Å²) in [6, 6.07) is 9.80. The van der Waals surface area contributed by atoms with Crippen LogP contribution in [0.3, 0.4) is 0 Å². The third-order valence-electron chi connectivity index (χ3n) is 4.59. The van der Waals surface area contributed by atoms with Crippen LogP contribution in [0, 0.1) is 13.8 Å². The summed E-state index contributed by atoms with van der Waals surface area (Å²) in [5, 5.41) is 19.1. The number of hydrogen-bond acceptors (Lipinski definition) is 8. The number of benzene rings is 1. The SMILES string of the molecule is CSc1nnc(N2C(=O)C(O)=C(C(=O)c3ccc(C)o3)[C@@H]2c2ccc(C)cc2)s1. The van der Waals surface area contributed by atoms with Gasteiger partial charge in [-0.15, -0.1) is 10.2 Å². The largest absolute Gasteiger partial charge is 0.503 e. The molecule has 7 nitrogen and oxygen atoms in total. The van der Waals surface area contributed by atoms with Crippen LogP contribution in [-0.2, 0) is 4.79 Å². The van der Waals surface area contributed by atoms with E-state index >= 15 is 0 Å². The van der Waals surface area contributed by atoms with Crippen molar-refractivity contribution in [2.75, 3.05) is 11.2 Å². The summed E-state index contributed by atoms with van der Waals surface area (Å²) in [4.78, 5) is 27.5. The van der Waals surface area contributed by atoms with Gasteiger partial charge in [-0.1, -0.05) is 52.9 Å². The third kappa shape index (κ3) is 3.36. The number of furan rings is 1. The Balaban J connectivity index is 1.86. The number of aliphatic hydroxyl groups excluding tert-OH is 1. The number of aromatic nitrogens is 2. The van der Waals surface area contributed by atoms with E-state index in [2.05, 4.69) is 10.2 Å². The second-order valence-corrected chi connectivity index (χ2v) is 8.55. The molecule has 29 heavy (non-hydrogen) atoms. The van der Waals surface area contributed by atoms with Gasteiger partial charge in [-0.3, -0.25) is 14.5 Å². The molecule has 1 N–H and O–H groups in total. The fourth-order valence-corrected chi connectivity index (χ4v) is 4.46. The molecule has 0 spiro atoms. The third-order valence-corrected chi connectivity index (χ3v) is 6.48. The highest BCUT2D eigenvalue weighted by molar-refractivity contribution is 8.00. The van der Waals surface area contributed by atoms with E-state index in [4.69, 9.17) is 4.42 Å². The summed E-state index contributed by atoms with van der Waals surface area (Å²) >= 11 is 2.63. The van der Waals surface area contributed by atoms with Crippen molar-refractivity contribution in [2.45, 2.75) is 24.2 Å². The second-order valence-electron chi connectivity index (χ2n) is 6.54. The lowest BCUT2D eigenvalue weighted by atomic mass is 9.95. The molecule has 0 bridgehead atoms. The number of ketones is 1. The molecule has 0 saturated heterocycles. The molecule has 2 aromatic heterocycles. The Hall–Kier alpha value is -2.91. The Morgan fingerprint density at radius 3 is 2.48 bits per heavy atom. The van der Waals surface area contributed by atoms with E-state index in [1.807, 2.05) is 37.4 Å². The first-order chi connectivity index (χ1) is 13.9. The van der Waals surface area contributed by atoms with Gasteiger partial charge in [0.15, 0.2) is 15.9 Å². The first-order valence-electron chi connectivity index (χ1n) is 8.72. The zero-order valence-corrected chi connectivity index (χ0v) is 17.5. The smallest absolute Gasteiger partial charge is 0.296 e. The number of rotatable bonds is 5. The summed E-state index contributed by atoms with van der Waals surface area (Å²) in [7, 11) is 0. The number of carbonyl (C=O) groups is 2. The lowest BCUT2D eigenvalue weighted by molar-refractivity contribution is -0.117. The van der Waals surface area contributed by atoms with Gasteiger partial charge in [-0.2, -0.15) is 0 Å². The van der Waals surface area contributed by atoms with Crippen LogP contribution in [0.25, 0.3) is 0 Å². The molecule has 3 aromatic rings. The molecule has 9 heteroatoms. The number of hydrogen-bond donors (Lipinski definition) is 1. The van der Waals surface area contributed by atoms with Gasteiger partial charge >= 0.3 is 0 Å². The highest BCUT2D eigenvalue weighted by atomic mass is 32.2. The van der Waals surface area contributed by atoms with Gasteiger partial charge in [0.2, 0.25) is 10.9 Å². The van der Waals surface area contributed by atoms with Crippen LogP contribution in [0.5, 0.6) is 0 Å². The molecule has 1 aromatic carbocycles. The number of nitrogens with zero attached hydrogens (tertiary/aromatic N) is 3. The second kappa shape index (κ2) is 7.49. The fraction of sp³-hybridized carbons (Fsp3) is 0.200. The monoisotopic (exact) mass is 427 g/mol. The van der Waals surface area contributed by atoms with Gasteiger partial charge in [0.05, 0.1) is 11.6 Å². The van der Waals surface area contributed by atoms with E-state index in [1.54, 1.807) is 13.0 Å². The number of anilines is 1. The van der Waals surface area contributed by atoms with Crippen LogP contribution in [0.4, 0.5) is 5.13 Å². The molecule has 1 atom stereocenters. The molecule has 0 fully saturated rings. The topological polar surface area (TPSA) is 96.5 Å². The number of thioether (sulfide) groups is 1. The van der Waals surface area contributed by atoms with Crippen LogP contribution in [0.1, 0.15) is 33.5 Å². The average molecular weight is 428 g/mol. The van der Waals surface area contributed by atoms with Crippen molar-refractivity contribution in [3.8, 4) is 0 Å². The normalized spacial score (nSPS) is 16.7. The highest BCUT2D eigenvalue weighted by Crippen LogP contribution is 2.43.